The average Bonchev–Trinajstić information content (AvgIpc) is 2.17. The fourth-order valence-electron chi connectivity index (χ4n) is 1.58. The lowest BCUT2D eigenvalue weighted by atomic mass is 9.82. The summed E-state index contributed by atoms with van der Waals surface area (Å²) in [5.74, 6) is -0.851. The second kappa shape index (κ2) is 4.45. The highest BCUT2D eigenvalue weighted by molar-refractivity contribution is 5.71. The first-order valence-electron chi connectivity index (χ1n) is 4.88. The molecule has 2 N–H and O–H groups in total. The van der Waals surface area contributed by atoms with Gasteiger partial charge in [0.05, 0.1) is 13.0 Å². The zero-order chi connectivity index (χ0) is 11.5. The summed E-state index contributed by atoms with van der Waals surface area (Å²) in [5.41, 5.74) is 1.27. The quantitative estimate of drug-likeness (QED) is 0.789. The number of aliphatic hydroxyl groups is 1. The highest BCUT2D eigenvalue weighted by Crippen LogP contribution is 2.26. The van der Waals surface area contributed by atoms with E-state index in [1.54, 1.807) is 6.07 Å². The molecule has 0 bridgehead atoms. The second-order valence-corrected chi connectivity index (χ2v) is 4.27. The summed E-state index contributed by atoms with van der Waals surface area (Å²) in [6.45, 7) is 3.80. The number of carbonyl (C=O) groups is 1. The summed E-state index contributed by atoms with van der Waals surface area (Å²) < 4.78 is 0. The molecule has 0 aliphatic heterocycles. The summed E-state index contributed by atoms with van der Waals surface area (Å²) in [7, 11) is 0. The Hall–Kier alpha value is -1.35. The van der Waals surface area contributed by atoms with Gasteiger partial charge in [-0.1, -0.05) is 38.1 Å². The van der Waals surface area contributed by atoms with Gasteiger partial charge in [-0.05, 0) is 11.1 Å². The molecule has 0 saturated heterocycles. The van der Waals surface area contributed by atoms with Gasteiger partial charge >= 0.3 is 5.97 Å². The van der Waals surface area contributed by atoms with Gasteiger partial charge in [0, 0.05) is 5.41 Å². The molecule has 0 heterocycles. The molecule has 0 unspecified atom stereocenters. The standard InChI is InChI=1S/C12H16O3/c1-12(2,8-13)10-6-4-3-5-9(10)7-11(14)15/h3-6,13H,7-8H2,1-2H3,(H,14,15). The predicted molar refractivity (Wildman–Crippen MR) is 57.9 cm³/mol. The Kier molecular flexibility index (Phi) is 3.48. The van der Waals surface area contributed by atoms with Crippen LogP contribution >= 0.6 is 0 Å². The lowest BCUT2D eigenvalue weighted by Crippen LogP contribution is -2.24. The molecule has 15 heavy (non-hydrogen) atoms. The number of hydrogen-bond acceptors (Lipinski definition) is 2. The van der Waals surface area contributed by atoms with Crippen molar-refractivity contribution < 1.29 is 15.0 Å². The highest BCUT2D eigenvalue weighted by Gasteiger charge is 2.22. The van der Waals surface area contributed by atoms with Gasteiger partial charge in [0.2, 0.25) is 0 Å². The molecular weight excluding hydrogens is 192 g/mol. The van der Waals surface area contributed by atoms with Crippen molar-refractivity contribution in [1.82, 2.24) is 0 Å². The number of aliphatic hydroxyl groups excluding tert-OH is 1. The average molecular weight is 208 g/mol. The largest absolute Gasteiger partial charge is 0.481 e. The molecule has 1 rings (SSSR count). The molecular formula is C12H16O3. The van der Waals surface area contributed by atoms with E-state index in [-0.39, 0.29) is 13.0 Å². The lowest BCUT2D eigenvalue weighted by Gasteiger charge is -2.24. The maximum Gasteiger partial charge on any atom is 0.307 e. The summed E-state index contributed by atoms with van der Waals surface area (Å²) in [6, 6.07) is 7.34. The van der Waals surface area contributed by atoms with Crippen LogP contribution in [0.1, 0.15) is 25.0 Å². The summed E-state index contributed by atoms with van der Waals surface area (Å²) in [5, 5.41) is 18.0. The molecule has 0 radical (unpaired) electrons. The minimum atomic E-state index is -0.851. The van der Waals surface area contributed by atoms with E-state index >= 15 is 0 Å². The predicted octanol–water partition coefficient (Wildman–Crippen LogP) is 1.58. The van der Waals surface area contributed by atoms with Crippen LogP contribution in [0.4, 0.5) is 0 Å². The first-order valence-corrected chi connectivity index (χ1v) is 4.88. The summed E-state index contributed by atoms with van der Waals surface area (Å²) in [4.78, 5) is 10.7. The first-order chi connectivity index (χ1) is 6.97. The van der Waals surface area contributed by atoms with Gasteiger partial charge in [-0.3, -0.25) is 4.79 Å². The number of benzene rings is 1. The zero-order valence-corrected chi connectivity index (χ0v) is 9.03. The van der Waals surface area contributed by atoms with Crippen LogP contribution in [0.5, 0.6) is 0 Å². The molecule has 82 valence electrons. The van der Waals surface area contributed by atoms with Crippen LogP contribution in [0.15, 0.2) is 24.3 Å². The van der Waals surface area contributed by atoms with E-state index in [4.69, 9.17) is 5.11 Å². The van der Waals surface area contributed by atoms with E-state index in [1.165, 1.54) is 0 Å². The topological polar surface area (TPSA) is 57.5 Å². The van der Waals surface area contributed by atoms with E-state index in [1.807, 2.05) is 32.0 Å². The summed E-state index contributed by atoms with van der Waals surface area (Å²) in [6.07, 6.45) is -0.000394. The van der Waals surface area contributed by atoms with Crippen LogP contribution in [0.3, 0.4) is 0 Å². The molecule has 0 fully saturated rings. The smallest absolute Gasteiger partial charge is 0.307 e. The Morgan fingerprint density at radius 2 is 1.93 bits per heavy atom. The monoisotopic (exact) mass is 208 g/mol. The minimum Gasteiger partial charge on any atom is -0.481 e. The lowest BCUT2D eigenvalue weighted by molar-refractivity contribution is -0.136. The van der Waals surface area contributed by atoms with Crippen molar-refractivity contribution in [2.75, 3.05) is 6.61 Å². The van der Waals surface area contributed by atoms with Gasteiger partial charge in [-0.15, -0.1) is 0 Å². The Labute approximate surface area is 89.4 Å². The maximum absolute atomic E-state index is 10.7. The normalized spacial score (nSPS) is 11.4. The third-order valence-corrected chi connectivity index (χ3v) is 2.48. The van der Waals surface area contributed by atoms with Gasteiger partial charge in [0.25, 0.3) is 0 Å². The van der Waals surface area contributed by atoms with E-state index in [0.29, 0.717) is 0 Å². The van der Waals surface area contributed by atoms with Gasteiger partial charge in [-0.2, -0.15) is 0 Å². The van der Waals surface area contributed by atoms with Crippen LogP contribution in [0.25, 0.3) is 0 Å². The fourth-order valence-corrected chi connectivity index (χ4v) is 1.58. The number of aliphatic carboxylic acids is 1. The number of carboxylic acids is 1. The molecule has 0 spiro atoms. The van der Waals surface area contributed by atoms with Crippen molar-refractivity contribution in [3.05, 3.63) is 35.4 Å². The number of rotatable bonds is 4. The SMILES string of the molecule is CC(C)(CO)c1ccccc1CC(=O)O. The first kappa shape index (κ1) is 11.7. The molecule has 0 atom stereocenters. The molecule has 1 aromatic carbocycles. The maximum atomic E-state index is 10.7. The van der Waals surface area contributed by atoms with Crippen LogP contribution in [0.2, 0.25) is 0 Å². The van der Waals surface area contributed by atoms with E-state index < -0.39 is 11.4 Å². The van der Waals surface area contributed by atoms with Crippen LogP contribution < -0.4 is 0 Å². The Balaban J connectivity index is 3.11. The van der Waals surface area contributed by atoms with Crippen molar-refractivity contribution in [3.8, 4) is 0 Å². The van der Waals surface area contributed by atoms with Crippen LogP contribution in [0, 0.1) is 0 Å². The molecule has 0 amide bonds. The van der Waals surface area contributed by atoms with Crippen molar-refractivity contribution in [2.24, 2.45) is 0 Å². The second-order valence-electron chi connectivity index (χ2n) is 4.27. The third-order valence-electron chi connectivity index (χ3n) is 2.48. The Morgan fingerprint density at radius 3 is 2.47 bits per heavy atom. The fraction of sp³-hybridized carbons (Fsp3) is 0.417. The van der Waals surface area contributed by atoms with Crippen LogP contribution in [-0.2, 0) is 16.6 Å². The Morgan fingerprint density at radius 1 is 1.33 bits per heavy atom. The van der Waals surface area contributed by atoms with Gasteiger partial charge in [-0.25, -0.2) is 0 Å². The Bertz CT molecular complexity index is 356. The third kappa shape index (κ3) is 2.80. The van der Waals surface area contributed by atoms with E-state index in [0.717, 1.165) is 11.1 Å². The molecule has 1 aromatic rings. The molecule has 0 aromatic heterocycles. The van der Waals surface area contributed by atoms with Gasteiger partial charge in [0.1, 0.15) is 0 Å². The van der Waals surface area contributed by atoms with Crippen LogP contribution in [-0.4, -0.2) is 22.8 Å². The summed E-state index contributed by atoms with van der Waals surface area (Å²) >= 11 is 0. The number of hydrogen-bond donors (Lipinski definition) is 2. The molecule has 3 nitrogen and oxygen atoms in total. The van der Waals surface area contributed by atoms with Crippen molar-refractivity contribution in [1.29, 1.82) is 0 Å². The zero-order valence-electron chi connectivity index (χ0n) is 9.03. The van der Waals surface area contributed by atoms with Crippen molar-refractivity contribution in [3.63, 3.8) is 0 Å². The van der Waals surface area contributed by atoms with E-state index in [9.17, 15) is 9.90 Å². The van der Waals surface area contributed by atoms with E-state index in [2.05, 4.69) is 0 Å². The van der Waals surface area contributed by atoms with Gasteiger partial charge < -0.3 is 10.2 Å². The molecule has 0 aliphatic carbocycles. The molecule has 0 saturated carbocycles. The number of carboxylic acid groups (broad SMARTS) is 1. The molecule has 3 heteroatoms. The van der Waals surface area contributed by atoms with Crippen molar-refractivity contribution >= 4 is 5.97 Å². The molecule has 0 aliphatic rings. The highest BCUT2D eigenvalue weighted by atomic mass is 16.4. The van der Waals surface area contributed by atoms with Crippen molar-refractivity contribution in [2.45, 2.75) is 25.7 Å². The van der Waals surface area contributed by atoms with Gasteiger partial charge in [0.15, 0.2) is 0 Å². The minimum absolute atomic E-state index is 0.000394.